The molecule has 1 aromatic heterocycles. The Kier molecular flexibility index (Phi) is 9.46. The maximum Gasteiger partial charge on any atom is 0.328 e. The molecule has 9 heteroatoms. The van der Waals surface area contributed by atoms with Gasteiger partial charge < -0.3 is 15.2 Å². The third kappa shape index (κ3) is 6.66. The molecule has 0 saturated heterocycles. The number of nitrogens with zero attached hydrogens (tertiary/aromatic N) is 1. The van der Waals surface area contributed by atoms with E-state index in [9.17, 15) is 9.59 Å². The normalized spacial score (nSPS) is 12.9. The van der Waals surface area contributed by atoms with Crippen LogP contribution in [0.1, 0.15) is 5.56 Å². The van der Waals surface area contributed by atoms with Crippen LogP contribution in [0.2, 0.25) is 0 Å². The highest BCUT2D eigenvalue weighted by atomic mass is 17.2. The van der Waals surface area contributed by atoms with E-state index < -0.39 is 23.5 Å². The first-order chi connectivity index (χ1) is 12.1. The van der Waals surface area contributed by atoms with Gasteiger partial charge in [-0.2, -0.15) is 0 Å². The average molecular weight is 353 g/mol. The molecule has 0 aliphatic heterocycles. The minimum atomic E-state index is -0.585. The molecular formula is C16H23N3O6. The van der Waals surface area contributed by atoms with Crippen molar-refractivity contribution in [2.45, 2.75) is 18.8 Å². The van der Waals surface area contributed by atoms with Crippen molar-refractivity contribution in [2.75, 3.05) is 34.0 Å². The number of nitrogens with two attached hydrogens (primary N) is 1. The van der Waals surface area contributed by atoms with E-state index in [-0.39, 0.29) is 31.9 Å². The number of aromatic nitrogens is 2. The van der Waals surface area contributed by atoms with Crippen LogP contribution in [0, 0.1) is 11.8 Å². The van der Waals surface area contributed by atoms with E-state index in [0.29, 0.717) is 0 Å². The Morgan fingerprint density at radius 3 is 2.76 bits per heavy atom. The van der Waals surface area contributed by atoms with E-state index in [1.807, 2.05) is 0 Å². The summed E-state index contributed by atoms with van der Waals surface area (Å²) in [6, 6.07) is 0. The summed E-state index contributed by atoms with van der Waals surface area (Å²) in [5.41, 5.74) is 4.28. The Bertz CT molecular complexity index is 715. The molecule has 1 rings (SSSR count). The van der Waals surface area contributed by atoms with Gasteiger partial charge in [-0.15, -0.1) is 6.58 Å². The molecule has 2 unspecified atom stereocenters. The molecule has 3 N–H and O–H groups in total. The molecule has 1 heterocycles. The highest BCUT2D eigenvalue weighted by Crippen LogP contribution is 2.08. The number of methoxy groups -OCH3 is 1. The van der Waals surface area contributed by atoms with E-state index >= 15 is 0 Å². The molecule has 0 bridgehead atoms. The Labute approximate surface area is 145 Å². The minimum absolute atomic E-state index is 0.0900. The van der Waals surface area contributed by atoms with Crippen LogP contribution in [-0.4, -0.2) is 55.7 Å². The predicted octanol–water partition coefficient (Wildman–Crippen LogP) is -0.989. The Balaban J connectivity index is 3.11. The number of aromatic amines is 1. The zero-order valence-electron chi connectivity index (χ0n) is 14.3. The minimum Gasteiger partial charge on any atom is -0.376 e. The summed E-state index contributed by atoms with van der Waals surface area (Å²) in [5.74, 6) is 5.20. The van der Waals surface area contributed by atoms with Crippen molar-refractivity contribution in [3.05, 3.63) is 45.3 Å². The van der Waals surface area contributed by atoms with Crippen LogP contribution in [0.5, 0.6) is 0 Å². The fourth-order valence-corrected chi connectivity index (χ4v) is 2.01. The van der Waals surface area contributed by atoms with Gasteiger partial charge in [-0.05, 0) is 0 Å². The van der Waals surface area contributed by atoms with Gasteiger partial charge in [-0.1, -0.05) is 17.9 Å². The molecule has 0 spiro atoms. The Hall–Kier alpha value is -2.22. The lowest BCUT2D eigenvalue weighted by atomic mass is 10.2. The molecule has 9 nitrogen and oxygen atoms in total. The maximum absolute atomic E-state index is 12.1. The van der Waals surface area contributed by atoms with Gasteiger partial charge in [0.05, 0.1) is 26.8 Å². The zero-order valence-corrected chi connectivity index (χ0v) is 14.3. The van der Waals surface area contributed by atoms with Crippen molar-refractivity contribution in [1.29, 1.82) is 0 Å². The van der Waals surface area contributed by atoms with Crippen LogP contribution < -0.4 is 17.0 Å². The highest BCUT2D eigenvalue weighted by molar-refractivity contribution is 5.29. The number of rotatable bonds is 10. The highest BCUT2D eigenvalue weighted by Gasteiger charge is 2.24. The molecule has 2 atom stereocenters. The van der Waals surface area contributed by atoms with E-state index in [4.69, 9.17) is 20.1 Å². The predicted molar refractivity (Wildman–Crippen MR) is 91.0 cm³/mol. The van der Waals surface area contributed by atoms with E-state index in [2.05, 4.69) is 28.3 Å². The van der Waals surface area contributed by atoms with Gasteiger partial charge in [0.1, 0.15) is 24.4 Å². The largest absolute Gasteiger partial charge is 0.376 e. The van der Waals surface area contributed by atoms with Crippen LogP contribution in [0.3, 0.4) is 0 Å². The maximum atomic E-state index is 12.1. The molecule has 0 saturated carbocycles. The zero-order chi connectivity index (χ0) is 18.7. The summed E-state index contributed by atoms with van der Waals surface area (Å²) >= 11 is 0. The molecule has 0 fully saturated rings. The third-order valence-corrected chi connectivity index (χ3v) is 3.21. The standard InChI is InChI=1S/C16H23N3O6/c1-4-8-24-13(14(22-2)11-25-23-3)10-19-9-12(6-5-7-17)15(20)18-16(19)21/h4,9,13-14H,1,7-8,10-11,17H2,2-3H3,(H,18,20,21). The van der Waals surface area contributed by atoms with E-state index in [1.165, 1.54) is 25.0 Å². The first-order valence-corrected chi connectivity index (χ1v) is 7.51. The van der Waals surface area contributed by atoms with Crippen LogP contribution in [0.4, 0.5) is 0 Å². The van der Waals surface area contributed by atoms with Gasteiger partial charge in [0.2, 0.25) is 0 Å². The smallest absolute Gasteiger partial charge is 0.328 e. The summed E-state index contributed by atoms with van der Waals surface area (Å²) in [6.45, 7) is 4.14. The quantitative estimate of drug-likeness (QED) is 0.240. The van der Waals surface area contributed by atoms with Crippen LogP contribution >= 0.6 is 0 Å². The fraction of sp³-hybridized carbons (Fsp3) is 0.500. The molecule has 138 valence electrons. The van der Waals surface area contributed by atoms with Crippen LogP contribution in [0.15, 0.2) is 28.4 Å². The van der Waals surface area contributed by atoms with Gasteiger partial charge in [0.15, 0.2) is 0 Å². The van der Waals surface area contributed by atoms with Crippen molar-refractivity contribution < 1.29 is 19.2 Å². The molecule has 0 aliphatic rings. The van der Waals surface area contributed by atoms with Crippen LogP contribution in [0.25, 0.3) is 0 Å². The van der Waals surface area contributed by atoms with E-state index in [1.54, 1.807) is 6.08 Å². The number of hydrogen-bond acceptors (Lipinski definition) is 7. The second-order valence-corrected chi connectivity index (χ2v) is 4.85. The molecule has 0 amide bonds. The molecule has 0 aliphatic carbocycles. The van der Waals surface area contributed by atoms with Crippen molar-refractivity contribution in [1.82, 2.24) is 9.55 Å². The number of nitrogens with one attached hydrogen (secondary N) is 1. The Morgan fingerprint density at radius 2 is 2.16 bits per heavy atom. The van der Waals surface area contributed by atoms with Crippen LogP contribution in [-0.2, 0) is 25.8 Å². The van der Waals surface area contributed by atoms with Crippen molar-refractivity contribution in [3.8, 4) is 11.8 Å². The number of ether oxygens (including phenoxy) is 2. The molecule has 0 radical (unpaired) electrons. The molecular weight excluding hydrogens is 330 g/mol. The SMILES string of the molecule is C=CCOC(Cn1cc(C#CCN)c(=O)[nH]c1=O)C(COOC)OC. The van der Waals surface area contributed by atoms with Crippen molar-refractivity contribution in [2.24, 2.45) is 5.73 Å². The second kappa shape index (κ2) is 11.4. The first-order valence-electron chi connectivity index (χ1n) is 7.51. The summed E-state index contributed by atoms with van der Waals surface area (Å²) < 4.78 is 12.3. The van der Waals surface area contributed by atoms with E-state index in [0.717, 1.165) is 0 Å². The van der Waals surface area contributed by atoms with Crippen molar-refractivity contribution >= 4 is 0 Å². The number of hydrogen-bond donors (Lipinski definition) is 2. The lowest BCUT2D eigenvalue weighted by Gasteiger charge is -2.25. The van der Waals surface area contributed by atoms with Gasteiger partial charge in [0, 0.05) is 13.3 Å². The average Bonchev–Trinajstić information content (AvgIpc) is 2.60. The molecule has 0 aromatic carbocycles. The van der Waals surface area contributed by atoms with Gasteiger partial charge in [-0.25, -0.2) is 14.6 Å². The second-order valence-electron chi connectivity index (χ2n) is 4.85. The Morgan fingerprint density at radius 1 is 1.40 bits per heavy atom. The first kappa shape index (κ1) is 20.8. The van der Waals surface area contributed by atoms with Gasteiger partial charge in [0.25, 0.3) is 5.56 Å². The van der Waals surface area contributed by atoms with Crippen molar-refractivity contribution in [3.63, 3.8) is 0 Å². The molecule has 25 heavy (non-hydrogen) atoms. The lowest BCUT2D eigenvalue weighted by Crippen LogP contribution is -2.42. The fourth-order valence-electron chi connectivity index (χ4n) is 2.01. The summed E-state index contributed by atoms with van der Waals surface area (Å²) in [4.78, 5) is 35.5. The topological polar surface area (TPSA) is 118 Å². The summed E-state index contributed by atoms with van der Waals surface area (Å²) in [5, 5.41) is 0. The lowest BCUT2D eigenvalue weighted by molar-refractivity contribution is -0.292. The van der Waals surface area contributed by atoms with Gasteiger partial charge in [-0.3, -0.25) is 14.3 Å². The third-order valence-electron chi connectivity index (χ3n) is 3.21. The summed E-state index contributed by atoms with van der Waals surface area (Å²) in [7, 11) is 2.86. The molecule has 1 aromatic rings. The summed E-state index contributed by atoms with van der Waals surface area (Å²) in [6.07, 6.45) is 1.86. The monoisotopic (exact) mass is 353 g/mol. The van der Waals surface area contributed by atoms with Gasteiger partial charge >= 0.3 is 5.69 Å². The number of H-pyrrole nitrogens is 1.